The first-order chi connectivity index (χ1) is 13.6. The molecule has 1 saturated heterocycles. The molecule has 0 spiro atoms. The van der Waals surface area contributed by atoms with E-state index in [9.17, 15) is 4.79 Å². The van der Waals surface area contributed by atoms with Gasteiger partial charge in [0.25, 0.3) is 0 Å². The fourth-order valence-electron chi connectivity index (χ4n) is 3.17. The van der Waals surface area contributed by atoms with E-state index < -0.39 is 0 Å². The zero-order valence-corrected chi connectivity index (χ0v) is 17.0. The number of anilines is 2. The predicted octanol–water partition coefficient (Wildman–Crippen LogP) is 4.49. The van der Waals surface area contributed by atoms with Crippen molar-refractivity contribution in [3.05, 3.63) is 47.5 Å². The van der Waals surface area contributed by atoms with Crippen LogP contribution in [0.4, 0.5) is 16.2 Å². The summed E-state index contributed by atoms with van der Waals surface area (Å²) in [5, 5.41) is 3.50. The fraction of sp³-hybridized carbons (Fsp3) is 0.381. The summed E-state index contributed by atoms with van der Waals surface area (Å²) in [6.45, 7) is 5.34. The molecule has 6 nitrogen and oxygen atoms in total. The second-order valence-corrected chi connectivity index (χ2v) is 7.00. The SMILES string of the molecule is CCCOc1ccc(Cl)cc1NC(=O)N1CCN(c2ccccc2OC)CC1. The Morgan fingerprint density at radius 1 is 1.11 bits per heavy atom. The highest BCUT2D eigenvalue weighted by Gasteiger charge is 2.23. The van der Waals surface area contributed by atoms with Crippen molar-refractivity contribution in [2.75, 3.05) is 50.1 Å². The van der Waals surface area contributed by atoms with Gasteiger partial charge in [-0.1, -0.05) is 30.7 Å². The molecule has 0 bridgehead atoms. The van der Waals surface area contributed by atoms with Gasteiger partial charge in [0, 0.05) is 31.2 Å². The van der Waals surface area contributed by atoms with Crippen molar-refractivity contribution in [2.45, 2.75) is 13.3 Å². The molecule has 1 fully saturated rings. The van der Waals surface area contributed by atoms with Gasteiger partial charge in [-0.3, -0.25) is 0 Å². The van der Waals surface area contributed by atoms with Crippen LogP contribution in [0.25, 0.3) is 0 Å². The average Bonchev–Trinajstić information content (AvgIpc) is 2.73. The number of carbonyl (C=O) groups excluding carboxylic acids is 1. The van der Waals surface area contributed by atoms with Gasteiger partial charge in [-0.25, -0.2) is 4.79 Å². The van der Waals surface area contributed by atoms with E-state index in [4.69, 9.17) is 21.1 Å². The minimum Gasteiger partial charge on any atom is -0.495 e. The normalized spacial score (nSPS) is 14.0. The standard InChI is InChI=1S/C21H26ClN3O3/c1-3-14-28-19-9-8-16(22)15-17(19)23-21(26)25-12-10-24(11-13-25)18-6-4-5-7-20(18)27-2/h4-9,15H,3,10-14H2,1-2H3,(H,23,26). The van der Waals surface area contributed by atoms with Crippen molar-refractivity contribution >= 4 is 29.0 Å². The Morgan fingerprint density at radius 3 is 2.57 bits per heavy atom. The zero-order valence-electron chi connectivity index (χ0n) is 16.3. The Balaban J connectivity index is 1.62. The molecule has 1 aliphatic heterocycles. The Morgan fingerprint density at radius 2 is 1.86 bits per heavy atom. The number of hydrogen-bond donors (Lipinski definition) is 1. The van der Waals surface area contributed by atoms with Crippen LogP contribution in [-0.4, -0.2) is 50.8 Å². The summed E-state index contributed by atoms with van der Waals surface area (Å²) in [6.07, 6.45) is 0.890. The molecule has 28 heavy (non-hydrogen) atoms. The largest absolute Gasteiger partial charge is 0.495 e. The van der Waals surface area contributed by atoms with Gasteiger partial charge < -0.3 is 24.6 Å². The maximum Gasteiger partial charge on any atom is 0.322 e. The maximum absolute atomic E-state index is 12.7. The summed E-state index contributed by atoms with van der Waals surface area (Å²) >= 11 is 6.10. The molecule has 3 rings (SSSR count). The number of nitrogens with one attached hydrogen (secondary N) is 1. The van der Waals surface area contributed by atoms with Gasteiger partial charge in [-0.2, -0.15) is 0 Å². The van der Waals surface area contributed by atoms with Crippen molar-refractivity contribution in [2.24, 2.45) is 0 Å². The Hall–Kier alpha value is -2.60. The van der Waals surface area contributed by atoms with E-state index in [1.165, 1.54) is 0 Å². The number of benzene rings is 2. The topological polar surface area (TPSA) is 54.0 Å². The van der Waals surface area contributed by atoms with E-state index in [2.05, 4.69) is 10.2 Å². The molecule has 1 heterocycles. The van der Waals surface area contributed by atoms with E-state index in [1.807, 2.05) is 31.2 Å². The monoisotopic (exact) mass is 403 g/mol. The summed E-state index contributed by atoms with van der Waals surface area (Å²) in [7, 11) is 1.67. The number of piperazine rings is 1. The second kappa shape index (κ2) is 9.55. The van der Waals surface area contributed by atoms with Gasteiger partial charge in [0.05, 0.1) is 25.1 Å². The first-order valence-electron chi connectivity index (χ1n) is 9.48. The molecular formula is C21H26ClN3O3. The number of hydrogen-bond acceptors (Lipinski definition) is 4. The van der Waals surface area contributed by atoms with Gasteiger partial charge >= 0.3 is 6.03 Å². The fourth-order valence-corrected chi connectivity index (χ4v) is 3.35. The zero-order chi connectivity index (χ0) is 19.9. The Bertz CT molecular complexity index is 807. The quantitative estimate of drug-likeness (QED) is 0.772. The molecule has 7 heteroatoms. The van der Waals surface area contributed by atoms with Crippen LogP contribution >= 0.6 is 11.6 Å². The minimum atomic E-state index is -0.150. The summed E-state index contributed by atoms with van der Waals surface area (Å²) in [4.78, 5) is 16.8. The van der Waals surface area contributed by atoms with Crippen LogP contribution in [0.2, 0.25) is 5.02 Å². The number of rotatable bonds is 6. The lowest BCUT2D eigenvalue weighted by Gasteiger charge is -2.36. The van der Waals surface area contributed by atoms with Crippen LogP contribution in [0.15, 0.2) is 42.5 Å². The number of amides is 2. The van der Waals surface area contributed by atoms with E-state index in [1.54, 1.807) is 30.2 Å². The third-order valence-corrected chi connectivity index (χ3v) is 4.87. The molecule has 1 aliphatic rings. The van der Waals surface area contributed by atoms with Crippen molar-refractivity contribution in [1.29, 1.82) is 0 Å². The number of nitrogens with zero attached hydrogens (tertiary/aromatic N) is 2. The van der Waals surface area contributed by atoms with Crippen LogP contribution in [0.1, 0.15) is 13.3 Å². The Labute approximate surface area is 171 Å². The first kappa shape index (κ1) is 20.1. The van der Waals surface area contributed by atoms with Crippen molar-refractivity contribution in [3.8, 4) is 11.5 Å². The lowest BCUT2D eigenvalue weighted by atomic mass is 10.2. The van der Waals surface area contributed by atoms with Crippen molar-refractivity contribution in [1.82, 2.24) is 4.90 Å². The highest BCUT2D eigenvalue weighted by atomic mass is 35.5. The highest BCUT2D eigenvalue weighted by molar-refractivity contribution is 6.31. The Kier molecular flexibility index (Phi) is 6.87. The lowest BCUT2D eigenvalue weighted by molar-refractivity contribution is 0.208. The number of halogens is 1. The minimum absolute atomic E-state index is 0.150. The molecule has 2 aromatic rings. The molecule has 0 radical (unpaired) electrons. The van der Waals surface area contributed by atoms with E-state index >= 15 is 0 Å². The predicted molar refractivity (Wildman–Crippen MR) is 113 cm³/mol. The lowest BCUT2D eigenvalue weighted by Crippen LogP contribution is -2.50. The molecule has 0 atom stereocenters. The second-order valence-electron chi connectivity index (χ2n) is 6.57. The molecule has 2 aromatic carbocycles. The third kappa shape index (κ3) is 4.81. The van der Waals surface area contributed by atoms with Crippen LogP contribution in [0.3, 0.4) is 0 Å². The van der Waals surface area contributed by atoms with Gasteiger partial charge in [0.1, 0.15) is 11.5 Å². The number of carbonyl (C=O) groups is 1. The van der Waals surface area contributed by atoms with Gasteiger partial charge in [-0.05, 0) is 36.8 Å². The van der Waals surface area contributed by atoms with E-state index in [-0.39, 0.29) is 6.03 Å². The van der Waals surface area contributed by atoms with Crippen molar-refractivity contribution < 1.29 is 14.3 Å². The molecule has 0 aromatic heterocycles. The molecule has 0 saturated carbocycles. The van der Waals surface area contributed by atoms with Gasteiger partial charge in [0.15, 0.2) is 0 Å². The van der Waals surface area contributed by atoms with E-state index in [0.29, 0.717) is 36.2 Å². The molecule has 2 amide bonds. The summed E-state index contributed by atoms with van der Waals surface area (Å²) in [6, 6.07) is 13.0. The molecular weight excluding hydrogens is 378 g/mol. The number of ether oxygens (including phenoxy) is 2. The van der Waals surface area contributed by atoms with Crippen molar-refractivity contribution in [3.63, 3.8) is 0 Å². The van der Waals surface area contributed by atoms with E-state index in [0.717, 1.165) is 30.9 Å². The summed E-state index contributed by atoms with van der Waals surface area (Å²) < 4.78 is 11.2. The number of para-hydroxylation sites is 2. The molecule has 0 aliphatic carbocycles. The van der Waals surface area contributed by atoms with Crippen LogP contribution < -0.4 is 19.7 Å². The smallest absolute Gasteiger partial charge is 0.322 e. The third-order valence-electron chi connectivity index (χ3n) is 4.64. The van der Waals surface area contributed by atoms with Gasteiger partial charge in [-0.15, -0.1) is 0 Å². The first-order valence-corrected chi connectivity index (χ1v) is 9.86. The van der Waals surface area contributed by atoms with Crippen LogP contribution in [0, 0.1) is 0 Å². The maximum atomic E-state index is 12.7. The van der Waals surface area contributed by atoms with Crippen LogP contribution in [0.5, 0.6) is 11.5 Å². The average molecular weight is 404 g/mol. The summed E-state index contributed by atoms with van der Waals surface area (Å²) in [5.74, 6) is 1.48. The van der Waals surface area contributed by atoms with Gasteiger partial charge in [0.2, 0.25) is 0 Å². The molecule has 1 N–H and O–H groups in total. The number of urea groups is 1. The molecule has 150 valence electrons. The summed E-state index contributed by atoms with van der Waals surface area (Å²) in [5.41, 5.74) is 1.65. The highest BCUT2D eigenvalue weighted by Crippen LogP contribution is 2.30. The number of methoxy groups -OCH3 is 1. The molecule has 0 unspecified atom stereocenters. The van der Waals surface area contributed by atoms with Crippen LogP contribution in [-0.2, 0) is 0 Å².